The third-order valence-corrected chi connectivity index (χ3v) is 5.91. The van der Waals surface area contributed by atoms with Gasteiger partial charge >= 0.3 is 0 Å². The van der Waals surface area contributed by atoms with E-state index in [9.17, 15) is 0 Å². The molecule has 0 bridgehead atoms. The van der Waals surface area contributed by atoms with E-state index in [0.29, 0.717) is 0 Å². The molecule has 0 radical (unpaired) electrons. The van der Waals surface area contributed by atoms with Crippen LogP contribution < -0.4 is 0 Å². The Kier molecular flexibility index (Phi) is 4.80. The Labute approximate surface area is 158 Å². The van der Waals surface area contributed by atoms with Crippen LogP contribution in [0.25, 0.3) is 0 Å². The zero-order chi connectivity index (χ0) is 18.9. The zero-order valence-electron chi connectivity index (χ0n) is 16.9. The van der Waals surface area contributed by atoms with Crippen LogP contribution in [0, 0.1) is 13.8 Å². The number of hydrogen-bond acceptors (Lipinski definition) is 0. The quantitative estimate of drug-likeness (QED) is 0.481. The van der Waals surface area contributed by atoms with Crippen LogP contribution in [-0.2, 0) is 10.8 Å². The van der Waals surface area contributed by atoms with Gasteiger partial charge in [-0.3, -0.25) is 0 Å². The van der Waals surface area contributed by atoms with Crippen molar-refractivity contribution in [3.05, 3.63) is 106 Å². The molecule has 0 spiro atoms. The van der Waals surface area contributed by atoms with E-state index in [1.807, 2.05) is 0 Å². The maximum absolute atomic E-state index is 2.35. The van der Waals surface area contributed by atoms with E-state index in [1.54, 1.807) is 0 Å². The zero-order valence-corrected chi connectivity index (χ0v) is 16.9. The second-order valence-corrected chi connectivity index (χ2v) is 8.43. The van der Waals surface area contributed by atoms with Crippen LogP contribution in [0.4, 0.5) is 0 Å². The van der Waals surface area contributed by atoms with Gasteiger partial charge in [0.15, 0.2) is 0 Å². The Morgan fingerprint density at radius 1 is 0.423 bits per heavy atom. The van der Waals surface area contributed by atoms with Crippen LogP contribution in [0.1, 0.15) is 61.1 Å². The van der Waals surface area contributed by atoms with E-state index in [4.69, 9.17) is 0 Å². The average Bonchev–Trinajstić information content (AvgIpc) is 2.62. The van der Waals surface area contributed by atoms with E-state index in [-0.39, 0.29) is 10.8 Å². The summed E-state index contributed by atoms with van der Waals surface area (Å²) < 4.78 is 0. The molecule has 0 aliphatic rings. The summed E-state index contributed by atoms with van der Waals surface area (Å²) in [5, 5.41) is 0. The van der Waals surface area contributed by atoms with Gasteiger partial charge in [0.2, 0.25) is 0 Å². The molecule has 0 aliphatic heterocycles. The minimum atomic E-state index is -0.0537. The summed E-state index contributed by atoms with van der Waals surface area (Å²) in [6, 6.07) is 26.5. The largest absolute Gasteiger partial charge is 0.0620 e. The van der Waals surface area contributed by atoms with Crippen molar-refractivity contribution >= 4 is 0 Å². The van der Waals surface area contributed by atoms with E-state index >= 15 is 0 Å². The third kappa shape index (κ3) is 3.09. The van der Waals surface area contributed by atoms with Crippen LogP contribution >= 0.6 is 0 Å². The van der Waals surface area contributed by atoms with Gasteiger partial charge in [0, 0.05) is 10.8 Å². The van der Waals surface area contributed by atoms with Gasteiger partial charge in [0.1, 0.15) is 0 Å². The lowest BCUT2D eigenvalue weighted by molar-refractivity contribution is 0.574. The van der Waals surface area contributed by atoms with Crippen molar-refractivity contribution in [3.8, 4) is 0 Å². The van der Waals surface area contributed by atoms with Crippen molar-refractivity contribution in [2.24, 2.45) is 0 Å². The van der Waals surface area contributed by atoms with E-state index in [2.05, 4.69) is 114 Å². The molecule has 0 N–H and O–H groups in total. The van der Waals surface area contributed by atoms with Crippen molar-refractivity contribution in [2.45, 2.75) is 52.4 Å². The molecule has 0 fully saturated rings. The Bertz CT molecular complexity index is 836. The van der Waals surface area contributed by atoms with Crippen molar-refractivity contribution < 1.29 is 0 Å². The van der Waals surface area contributed by atoms with E-state index in [1.165, 1.54) is 33.4 Å². The van der Waals surface area contributed by atoms with Crippen molar-refractivity contribution in [3.63, 3.8) is 0 Å². The predicted octanol–water partition coefficient (Wildman–Crippen LogP) is 6.96. The number of hydrogen-bond donors (Lipinski definition) is 0. The first kappa shape index (κ1) is 18.5. The number of aryl methyl sites for hydroxylation is 2. The highest BCUT2D eigenvalue weighted by atomic mass is 14.4. The molecule has 0 aliphatic carbocycles. The predicted molar refractivity (Wildman–Crippen MR) is 113 cm³/mol. The van der Waals surface area contributed by atoms with Crippen LogP contribution in [0.2, 0.25) is 0 Å². The van der Waals surface area contributed by atoms with Gasteiger partial charge in [-0.1, -0.05) is 100 Å². The topological polar surface area (TPSA) is 0 Å². The summed E-state index contributed by atoms with van der Waals surface area (Å²) in [4.78, 5) is 0. The Morgan fingerprint density at radius 2 is 0.692 bits per heavy atom. The Hall–Kier alpha value is -2.34. The summed E-state index contributed by atoms with van der Waals surface area (Å²) >= 11 is 0. The molecule has 0 saturated carbocycles. The van der Waals surface area contributed by atoms with Crippen LogP contribution in [0.3, 0.4) is 0 Å². The second kappa shape index (κ2) is 6.76. The standard InChI is InChI=1S/C26H30/c1-19-13-7-9-15-21(19)25(3,4)23-17-11-12-18-24(23)26(5,6)22-16-10-8-14-20(22)2/h7-18H,1-6H3. The molecule has 0 aromatic heterocycles. The monoisotopic (exact) mass is 342 g/mol. The molecule has 134 valence electrons. The van der Waals surface area contributed by atoms with Crippen molar-refractivity contribution in [1.82, 2.24) is 0 Å². The summed E-state index contributed by atoms with van der Waals surface area (Å²) in [7, 11) is 0. The molecule has 26 heavy (non-hydrogen) atoms. The fraction of sp³-hybridized carbons (Fsp3) is 0.308. The molecular formula is C26H30. The van der Waals surface area contributed by atoms with Crippen LogP contribution in [0.15, 0.2) is 72.8 Å². The average molecular weight is 343 g/mol. The van der Waals surface area contributed by atoms with Gasteiger partial charge in [0.05, 0.1) is 0 Å². The molecular weight excluding hydrogens is 312 g/mol. The van der Waals surface area contributed by atoms with Crippen LogP contribution in [0.5, 0.6) is 0 Å². The van der Waals surface area contributed by atoms with Crippen molar-refractivity contribution in [2.75, 3.05) is 0 Å². The lowest BCUT2D eigenvalue weighted by Gasteiger charge is -2.36. The second-order valence-electron chi connectivity index (χ2n) is 8.43. The minimum Gasteiger partial charge on any atom is -0.0620 e. The van der Waals surface area contributed by atoms with Gasteiger partial charge in [0.25, 0.3) is 0 Å². The first-order chi connectivity index (χ1) is 12.3. The minimum absolute atomic E-state index is 0.0537. The molecule has 0 heteroatoms. The smallest absolute Gasteiger partial charge is 0.0152 e. The molecule has 3 rings (SSSR count). The molecule has 0 amide bonds. The van der Waals surface area contributed by atoms with Crippen molar-refractivity contribution in [1.29, 1.82) is 0 Å². The molecule has 0 unspecified atom stereocenters. The highest BCUT2D eigenvalue weighted by molar-refractivity contribution is 5.51. The highest BCUT2D eigenvalue weighted by Crippen LogP contribution is 2.42. The van der Waals surface area contributed by atoms with Gasteiger partial charge in [-0.25, -0.2) is 0 Å². The maximum Gasteiger partial charge on any atom is 0.0152 e. The van der Waals surface area contributed by atoms with Gasteiger partial charge < -0.3 is 0 Å². The SMILES string of the molecule is Cc1ccccc1C(C)(C)c1ccccc1C(C)(C)c1ccccc1C. The molecule has 0 saturated heterocycles. The van der Waals surface area contributed by atoms with Gasteiger partial charge in [-0.15, -0.1) is 0 Å². The summed E-state index contributed by atoms with van der Waals surface area (Å²) in [5.74, 6) is 0. The first-order valence-corrected chi connectivity index (χ1v) is 9.48. The first-order valence-electron chi connectivity index (χ1n) is 9.48. The third-order valence-electron chi connectivity index (χ3n) is 5.91. The summed E-state index contributed by atoms with van der Waals surface area (Å²) in [6.45, 7) is 13.8. The number of rotatable bonds is 4. The molecule has 0 heterocycles. The van der Waals surface area contributed by atoms with Gasteiger partial charge in [-0.2, -0.15) is 0 Å². The van der Waals surface area contributed by atoms with E-state index in [0.717, 1.165) is 0 Å². The fourth-order valence-corrected chi connectivity index (χ4v) is 4.41. The maximum atomic E-state index is 2.35. The fourth-order valence-electron chi connectivity index (χ4n) is 4.41. The van der Waals surface area contributed by atoms with Gasteiger partial charge in [-0.05, 0) is 47.2 Å². The summed E-state index contributed by atoms with van der Waals surface area (Å²) in [6.07, 6.45) is 0. The van der Waals surface area contributed by atoms with E-state index < -0.39 is 0 Å². The molecule has 3 aromatic rings. The Balaban J connectivity index is 2.21. The lowest BCUT2D eigenvalue weighted by atomic mass is 9.67. The molecule has 3 aromatic carbocycles. The molecule has 0 nitrogen and oxygen atoms in total. The van der Waals surface area contributed by atoms with Crippen LogP contribution in [-0.4, -0.2) is 0 Å². The lowest BCUT2D eigenvalue weighted by Crippen LogP contribution is -2.29. The number of benzene rings is 3. The molecule has 0 atom stereocenters. The normalized spacial score (nSPS) is 12.2. The highest BCUT2D eigenvalue weighted by Gasteiger charge is 2.33. The Morgan fingerprint density at radius 3 is 1.00 bits per heavy atom. The summed E-state index contributed by atoms with van der Waals surface area (Å²) in [5.41, 5.74) is 8.19.